The topological polar surface area (TPSA) is 50.8 Å². The lowest BCUT2D eigenvalue weighted by Gasteiger charge is -2.22. The number of hydrogen-bond acceptors (Lipinski definition) is 3. The summed E-state index contributed by atoms with van der Waals surface area (Å²) in [4.78, 5) is 14.1. The highest BCUT2D eigenvalue weighted by Gasteiger charge is 2.29. The standard InChI is InChI=1S/C19H21F3N2O3/c1-3-24(12-14-7-5-4-6-8-14)18(25)23-15-9-10-16(26-2)17(11-15)27-13-19(20,21)22/h4-11H,3,12-13H2,1-2H3,(H,23,25). The van der Waals surface area contributed by atoms with E-state index in [0.717, 1.165) is 5.56 Å². The minimum atomic E-state index is -4.47. The van der Waals surface area contributed by atoms with Crippen LogP contribution in [0.25, 0.3) is 0 Å². The SMILES string of the molecule is CCN(Cc1ccccc1)C(=O)Nc1ccc(OC)c(OCC(F)(F)F)c1. The molecule has 0 saturated carbocycles. The molecule has 0 spiro atoms. The number of carbonyl (C=O) groups is 1. The molecule has 2 amide bonds. The molecule has 27 heavy (non-hydrogen) atoms. The van der Waals surface area contributed by atoms with E-state index in [1.165, 1.54) is 25.3 Å². The third-order valence-corrected chi connectivity index (χ3v) is 3.69. The number of ether oxygens (including phenoxy) is 2. The van der Waals surface area contributed by atoms with Gasteiger partial charge in [0.1, 0.15) is 0 Å². The van der Waals surface area contributed by atoms with E-state index < -0.39 is 12.8 Å². The van der Waals surface area contributed by atoms with Crippen LogP contribution >= 0.6 is 0 Å². The Hall–Kier alpha value is -2.90. The molecule has 0 bridgehead atoms. The van der Waals surface area contributed by atoms with Crippen LogP contribution in [0.2, 0.25) is 0 Å². The molecular formula is C19H21F3N2O3. The maximum Gasteiger partial charge on any atom is 0.422 e. The molecule has 0 radical (unpaired) electrons. The van der Waals surface area contributed by atoms with Crippen molar-refractivity contribution in [3.63, 3.8) is 0 Å². The predicted octanol–water partition coefficient (Wildman–Crippen LogP) is 4.69. The lowest BCUT2D eigenvalue weighted by Crippen LogP contribution is -2.34. The molecule has 1 N–H and O–H groups in total. The number of urea groups is 1. The first-order valence-electron chi connectivity index (χ1n) is 8.30. The van der Waals surface area contributed by atoms with Gasteiger partial charge in [-0.1, -0.05) is 30.3 Å². The smallest absolute Gasteiger partial charge is 0.422 e. The Balaban J connectivity index is 2.09. The molecule has 0 unspecified atom stereocenters. The number of hydrogen-bond donors (Lipinski definition) is 1. The molecule has 0 aliphatic heterocycles. The summed E-state index contributed by atoms with van der Waals surface area (Å²) in [5, 5.41) is 2.67. The van der Waals surface area contributed by atoms with Gasteiger partial charge in [-0.15, -0.1) is 0 Å². The van der Waals surface area contributed by atoms with E-state index in [-0.39, 0.29) is 17.5 Å². The number of alkyl halides is 3. The van der Waals surface area contributed by atoms with Crippen LogP contribution in [0.4, 0.5) is 23.7 Å². The fourth-order valence-corrected chi connectivity index (χ4v) is 2.36. The minimum absolute atomic E-state index is 0.0984. The highest BCUT2D eigenvalue weighted by Crippen LogP contribution is 2.31. The molecule has 0 aromatic heterocycles. The van der Waals surface area contributed by atoms with E-state index in [4.69, 9.17) is 9.47 Å². The number of nitrogens with one attached hydrogen (secondary N) is 1. The average Bonchev–Trinajstić information content (AvgIpc) is 2.64. The van der Waals surface area contributed by atoms with Gasteiger partial charge in [0.25, 0.3) is 0 Å². The molecule has 2 aromatic carbocycles. The first-order valence-corrected chi connectivity index (χ1v) is 8.30. The Labute approximate surface area is 155 Å². The van der Waals surface area contributed by atoms with Crippen LogP contribution in [0.5, 0.6) is 11.5 Å². The normalized spacial score (nSPS) is 11.0. The largest absolute Gasteiger partial charge is 0.493 e. The number of rotatable bonds is 7. The second-order valence-electron chi connectivity index (χ2n) is 5.70. The van der Waals surface area contributed by atoms with E-state index in [2.05, 4.69) is 5.32 Å². The third-order valence-electron chi connectivity index (χ3n) is 3.69. The van der Waals surface area contributed by atoms with Crippen molar-refractivity contribution in [2.75, 3.05) is 25.6 Å². The Bertz CT molecular complexity index is 752. The molecule has 0 saturated heterocycles. The Morgan fingerprint density at radius 2 is 1.81 bits per heavy atom. The molecule has 0 aliphatic rings. The van der Waals surface area contributed by atoms with Crippen molar-refractivity contribution in [2.24, 2.45) is 0 Å². The summed E-state index contributed by atoms with van der Waals surface area (Å²) in [5.74, 6) is 0.0487. The van der Waals surface area contributed by atoms with E-state index >= 15 is 0 Å². The number of carbonyl (C=O) groups excluding carboxylic acids is 1. The van der Waals surface area contributed by atoms with Gasteiger partial charge in [0.2, 0.25) is 0 Å². The molecule has 0 aliphatic carbocycles. The maximum atomic E-state index is 12.5. The van der Waals surface area contributed by atoms with Crippen molar-refractivity contribution in [3.05, 3.63) is 54.1 Å². The maximum absolute atomic E-state index is 12.5. The van der Waals surface area contributed by atoms with Crippen LogP contribution in [0.1, 0.15) is 12.5 Å². The lowest BCUT2D eigenvalue weighted by molar-refractivity contribution is -0.153. The molecule has 2 rings (SSSR count). The van der Waals surface area contributed by atoms with E-state index in [1.807, 2.05) is 37.3 Å². The van der Waals surface area contributed by atoms with E-state index in [0.29, 0.717) is 18.8 Å². The second-order valence-corrected chi connectivity index (χ2v) is 5.70. The summed E-state index contributed by atoms with van der Waals surface area (Å²) in [6, 6.07) is 13.4. The number of methoxy groups -OCH3 is 1. The molecule has 8 heteroatoms. The Morgan fingerprint density at radius 3 is 2.41 bits per heavy atom. The summed E-state index contributed by atoms with van der Waals surface area (Å²) in [7, 11) is 1.33. The van der Waals surface area contributed by atoms with Crippen molar-refractivity contribution in [2.45, 2.75) is 19.6 Å². The van der Waals surface area contributed by atoms with Gasteiger partial charge in [0.05, 0.1) is 7.11 Å². The van der Waals surface area contributed by atoms with Crippen LogP contribution in [0.3, 0.4) is 0 Å². The first-order chi connectivity index (χ1) is 12.8. The first kappa shape index (κ1) is 20.4. The number of anilines is 1. The van der Waals surface area contributed by atoms with Crippen LogP contribution in [0.15, 0.2) is 48.5 Å². The van der Waals surface area contributed by atoms with Gasteiger partial charge in [-0.2, -0.15) is 13.2 Å². The van der Waals surface area contributed by atoms with Crippen molar-refractivity contribution in [3.8, 4) is 11.5 Å². The Morgan fingerprint density at radius 1 is 1.11 bits per heavy atom. The van der Waals surface area contributed by atoms with Gasteiger partial charge in [-0.25, -0.2) is 4.79 Å². The number of halogens is 3. The van der Waals surface area contributed by atoms with Crippen LogP contribution < -0.4 is 14.8 Å². The monoisotopic (exact) mass is 382 g/mol. The quantitative estimate of drug-likeness (QED) is 0.756. The van der Waals surface area contributed by atoms with Crippen LogP contribution in [0, 0.1) is 0 Å². The van der Waals surface area contributed by atoms with Crippen molar-refractivity contribution in [1.29, 1.82) is 0 Å². The highest BCUT2D eigenvalue weighted by atomic mass is 19.4. The van der Waals surface area contributed by atoms with Crippen molar-refractivity contribution < 1.29 is 27.4 Å². The number of amides is 2. The van der Waals surface area contributed by atoms with Gasteiger partial charge in [-0.3, -0.25) is 0 Å². The summed E-state index contributed by atoms with van der Waals surface area (Å²) in [6.45, 7) is 1.27. The average molecular weight is 382 g/mol. The fraction of sp³-hybridized carbons (Fsp3) is 0.316. The Kier molecular flexibility index (Phi) is 6.92. The molecule has 146 valence electrons. The molecular weight excluding hydrogens is 361 g/mol. The summed E-state index contributed by atoms with van der Waals surface area (Å²) in [6.07, 6.45) is -4.47. The van der Waals surface area contributed by atoms with Gasteiger partial charge in [-0.05, 0) is 24.6 Å². The van der Waals surface area contributed by atoms with Gasteiger partial charge in [0.15, 0.2) is 18.1 Å². The zero-order chi connectivity index (χ0) is 19.9. The predicted molar refractivity (Wildman–Crippen MR) is 96.1 cm³/mol. The molecule has 5 nitrogen and oxygen atoms in total. The summed E-state index contributed by atoms with van der Waals surface area (Å²) >= 11 is 0. The van der Waals surface area contributed by atoms with Crippen LogP contribution in [-0.2, 0) is 6.54 Å². The zero-order valence-electron chi connectivity index (χ0n) is 15.0. The molecule has 2 aromatic rings. The summed E-state index contributed by atoms with van der Waals surface area (Å²) < 4.78 is 47.0. The van der Waals surface area contributed by atoms with Crippen molar-refractivity contribution in [1.82, 2.24) is 4.90 Å². The zero-order valence-corrected chi connectivity index (χ0v) is 15.0. The highest BCUT2D eigenvalue weighted by molar-refractivity contribution is 5.89. The van der Waals surface area contributed by atoms with Crippen LogP contribution in [-0.4, -0.2) is 37.4 Å². The molecule has 0 atom stereocenters. The third kappa shape index (κ3) is 6.40. The molecule has 0 heterocycles. The van der Waals surface area contributed by atoms with Gasteiger partial charge < -0.3 is 19.7 Å². The van der Waals surface area contributed by atoms with E-state index in [9.17, 15) is 18.0 Å². The summed E-state index contributed by atoms with van der Waals surface area (Å²) in [5.41, 5.74) is 1.28. The lowest BCUT2D eigenvalue weighted by atomic mass is 10.2. The number of benzene rings is 2. The van der Waals surface area contributed by atoms with Gasteiger partial charge in [0, 0.05) is 24.8 Å². The fourth-order valence-electron chi connectivity index (χ4n) is 2.36. The second kappa shape index (κ2) is 9.16. The number of nitrogens with zero attached hydrogens (tertiary/aromatic N) is 1. The van der Waals surface area contributed by atoms with E-state index in [1.54, 1.807) is 4.90 Å². The molecule has 0 fully saturated rings. The minimum Gasteiger partial charge on any atom is -0.493 e. The van der Waals surface area contributed by atoms with Gasteiger partial charge >= 0.3 is 12.2 Å². The van der Waals surface area contributed by atoms with Crippen molar-refractivity contribution >= 4 is 11.7 Å².